The fraction of sp³-hybridized carbons (Fsp3) is 0.923. The Kier molecular flexibility index (Phi) is 15.5. The quantitative estimate of drug-likeness (QED) is 0.0584. The van der Waals surface area contributed by atoms with Crippen molar-refractivity contribution in [3.05, 3.63) is 0 Å². The molecule has 3 aliphatic rings. The summed E-state index contributed by atoms with van der Waals surface area (Å²) in [6, 6.07) is 0. The van der Waals surface area contributed by atoms with Crippen molar-refractivity contribution in [2.24, 2.45) is 0 Å². The summed E-state index contributed by atoms with van der Waals surface area (Å²) < 4.78 is 37.2. The lowest BCUT2D eigenvalue weighted by Crippen LogP contribution is -2.65. The number of esters is 2. The van der Waals surface area contributed by atoms with Crippen molar-refractivity contribution in [1.82, 2.24) is 0 Å². The zero-order valence-corrected chi connectivity index (χ0v) is 25.7. The molecule has 14 N–H and O–H groups in total. The van der Waals surface area contributed by atoms with Crippen LogP contribution in [0.15, 0.2) is 0 Å². The molecular weight excluding hydrogens is 680 g/mol. The maximum atomic E-state index is 13.4. The van der Waals surface area contributed by atoms with E-state index in [-0.39, 0.29) is 0 Å². The Labute approximate surface area is 276 Å². The summed E-state index contributed by atoms with van der Waals surface area (Å²) in [6.45, 7) is -3.47. The van der Waals surface area contributed by atoms with Crippen molar-refractivity contribution in [3.63, 3.8) is 0 Å². The lowest BCUT2D eigenvalue weighted by atomic mass is 9.97. The van der Waals surface area contributed by atoms with E-state index < -0.39 is 155 Å². The second-order valence-electron chi connectivity index (χ2n) is 11.5. The first-order chi connectivity index (χ1) is 23.0. The maximum Gasteiger partial charge on any atom is 0.345 e. The van der Waals surface area contributed by atoms with Gasteiger partial charge in [-0.2, -0.15) is 0 Å². The summed E-state index contributed by atoms with van der Waals surface area (Å²) in [5, 5.41) is 143. The zero-order chi connectivity index (χ0) is 36.9. The summed E-state index contributed by atoms with van der Waals surface area (Å²) in [7, 11) is 0. The Morgan fingerprint density at radius 2 is 0.898 bits per heavy atom. The molecular formula is C26H44O23. The second kappa shape index (κ2) is 18.2. The van der Waals surface area contributed by atoms with Gasteiger partial charge in [-0.15, -0.1) is 0 Å². The summed E-state index contributed by atoms with van der Waals surface area (Å²) >= 11 is 0. The number of hydrogen-bond acceptors (Lipinski definition) is 23. The molecule has 0 amide bonds. The van der Waals surface area contributed by atoms with Crippen LogP contribution in [0.5, 0.6) is 0 Å². The SMILES string of the molecule is CC(=O)OC(=O)[C@H](O[C@@H]1O[C@H](CO)[C@@H](O)[C@H](O)[C@H]1O)[C@@H](O[C@@H]1O[C@H](CO)[C@@H](O)[C@H](O)[C@H]1O)[C@H](O[C@@H]1O[C@H](CO)[C@@H](O)[C@H](O)[C@H]1O)[C@H](O)CO. The highest BCUT2D eigenvalue weighted by Crippen LogP contribution is 2.32. The Balaban J connectivity index is 2.15. The predicted molar refractivity (Wildman–Crippen MR) is 146 cm³/mol. The molecule has 0 radical (unpaired) electrons. The van der Waals surface area contributed by atoms with Gasteiger partial charge < -0.3 is 105 Å². The summed E-state index contributed by atoms with van der Waals surface area (Å²) in [5.74, 6) is -3.06. The Morgan fingerprint density at radius 1 is 0.551 bits per heavy atom. The van der Waals surface area contributed by atoms with Gasteiger partial charge in [0, 0.05) is 6.92 Å². The topological polar surface area (TPSA) is 382 Å². The molecule has 0 unspecified atom stereocenters. The van der Waals surface area contributed by atoms with E-state index in [1.165, 1.54) is 0 Å². The molecule has 23 heteroatoms. The number of aliphatic hydroxyl groups is 14. The van der Waals surface area contributed by atoms with E-state index in [1.807, 2.05) is 0 Å². The monoisotopic (exact) mass is 724 g/mol. The minimum absolute atomic E-state index is 0.751. The van der Waals surface area contributed by atoms with Crippen LogP contribution in [0.3, 0.4) is 0 Å². The molecule has 3 rings (SSSR count). The standard InChI is InChI=1S/C26H44O23/c1-6(31)43-23(42)22(49-26-19(41)16(38)13(35)10(5-30)46-26)21(48-25-18(40)15(37)12(34)9(4-29)45-25)20(7(32)2-27)47-24-17(39)14(36)11(33)8(3-28)44-24/h7-22,24-30,32-41H,2-5H2,1H3/t7-,8-,9-,10-,11-,12-,13-,14+,15+,16+,17-,18-,19-,20-,21+,22-,24+,25+,26+/m1/s1. The number of aliphatic hydroxyl groups excluding tert-OH is 14. The highest BCUT2D eigenvalue weighted by atomic mass is 16.8. The van der Waals surface area contributed by atoms with Gasteiger partial charge in [-0.3, -0.25) is 4.79 Å². The van der Waals surface area contributed by atoms with Crippen LogP contribution in [-0.4, -0.2) is 226 Å². The van der Waals surface area contributed by atoms with Crippen molar-refractivity contribution in [2.45, 2.75) is 123 Å². The average Bonchev–Trinajstić information content (AvgIpc) is 3.07. The van der Waals surface area contributed by atoms with E-state index in [1.54, 1.807) is 0 Å². The van der Waals surface area contributed by atoms with Crippen LogP contribution in [0.2, 0.25) is 0 Å². The fourth-order valence-electron chi connectivity index (χ4n) is 5.27. The van der Waals surface area contributed by atoms with Crippen LogP contribution in [0, 0.1) is 0 Å². The van der Waals surface area contributed by atoms with Crippen LogP contribution in [-0.2, 0) is 42.7 Å². The number of rotatable bonds is 14. The molecule has 3 saturated heterocycles. The molecule has 0 aromatic carbocycles. The molecule has 3 fully saturated rings. The summed E-state index contributed by atoms with van der Waals surface area (Å²) in [6.07, 6.45) is -39.9. The Bertz CT molecular complexity index is 1050. The highest BCUT2D eigenvalue weighted by molar-refractivity contribution is 5.87. The minimum Gasteiger partial charge on any atom is -0.394 e. The summed E-state index contributed by atoms with van der Waals surface area (Å²) in [4.78, 5) is 25.3. The number of carbonyl (C=O) groups is 2. The highest BCUT2D eigenvalue weighted by Gasteiger charge is 2.54. The molecule has 0 aromatic heterocycles. The molecule has 0 aromatic rings. The zero-order valence-electron chi connectivity index (χ0n) is 25.7. The van der Waals surface area contributed by atoms with E-state index in [9.17, 15) is 81.1 Å². The lowest BCUT2D eigenvalue weighted by Gasteiger charge is -2.46. The molecule has 286 valence electrons. The van der Waals surface area contributed by atoms with Crippen LogP contribution in [0.1, 0.15) is 6.92 Å². The largest absolute Gasteiger partial charge is 0.394 e. The first-order valence-electron chi connectivity index (χ1n) is 14.9. The van der Waals surface area contributed by atoms with Gasteiger partial charge in [0.25, 0.3) is 0 Å². The number of hydrogen-bond donors (Lipinski definition) is 14. The third-order valence-corrected chi connectivity index (χ3v) is 8.07. The maximum absolute atomic E-state index is 13.4. The number of ether oxygens (including phenoxy) is 7. The van der Waals surface area contributed by atoms with Crippen molar-refractivity contribution < 1.29 is 114 Å². The van der Waals surface area contributed by atoms with Gasteiger partial charge in [0.15, 0.2) is 25.0 Å². The van der Waals surface area contributed by atoms with E-state index in [0.717, 1.165) is 6.92 Å². The van der Waals surface area contributed by atoms with Crippen molar-refractivity contribution >= 4 is 11.9 Å². The van der Waals surface area contributed by atoms with Crippen LogP contribution in [0.4, 0.5) is 0 Å². The van der Waals surface area contributed by atoms with E-state index >= 15 is 0 Å². The van der Waals surface area contributed by atoms with Crippen molar-refractivity contribution in [1.29, 1.82) is 0 Å². The fourth-order valence-corrected chi connectivity index (χ4v) is 5.27. The smallest absolute Gasteiger partial charge is 0.345 e. The van der Waals surface area contributed by atoms with Gasteiger partial charge in [-0.25, -0.2) is 4.79 Å². The molecule has 19 atom stereocenters. The van der Waals surface area contributed by atoms with Crippen molar-refractivity contribution in [2.75, 3.05) is 26.4 Å². The molecule has 3 heterocycles. The van der Waals surface area contributed by atoms with E-state index in [0.29, 0.717) is 0 Å². The third-order valence-electron chi connectivity index (χ3n) is 8.07. The first kappa shape index (κ1) is 41.8. The molecule has 0 spiro atoms. The molecule has 0 aliphatic carbocycles. The number of carbonyl (C=O) groups excluding carboxylic acids is 2. The minimum atomic E-state index is -2.59. The molecule has 23 nitrogen and oxygen atoms in total. The first-order valence-corrected chi connectivity index (χ1v) is 14.9. The normalized spacial score (nSPS) is 42.6. The lowest BCUT2D eigenvalue weighted by molar-refractivity contribution is -0.365. The van der Waals surface area contributed by atoms with Crippen LogP contribution in [0.25, 0.3) is 0 Å². The second-order valence-corrected chi connectivity index (χ2v) is 11.5. The van der Waals surface area contributed by atoms with Crippen LogP contribution < -0.4 is 0 Å². The summed E-state index contributed by atoms with van der Waals surface area (Å²) in [5.41, 5.74) is 0. The van der Waals surface area contributed by atoms with E-state index in [4.69, 9.17) is 28.4 Å². The van der Waals surface area contributed by atoms with Gasteiger partial charge >= 0.3 is 11.9 Å². The Morgan fingerprint density at radius 3 is 1.22 bits per heavy atom. The van der Waals surface area contributed by atoms with Crippen LogP contribution >= 0.6 is 0 Å². The van der Waals surface area contributed by atoms with Gasteiger partial charge in [-0.1, -0.05) is 0 Å². The van der Waals surface area contributed by atoms with Gasteiger partial charge in [0.05, 0.1) is 26.4 Å². The molecule has 49 heavy (non-hydrogen) atoms. The molecule has 3 aliphatic heterocycles. The van der Waals surface area contributed by atoms with Gasteiger partial charge in [0.1, 0.15) is 91.6 Å². The molecule has 0 bridgehead atoms. The third kappa shape index (κ3) is 9.42. The van der Waals surface area contributed by atoms with Gasteiger partial charge in [0.2, 0.25) is 0 Å². The predicted octanol–water partition coefficient (Wildman–Crippen LogP) is -10.0. The van der Waals surface area contributed by atoms with Gasteiger partial charge in [-0.05, 0) is 0 Å². The molecule has 0 saturated carbocycles. The van der Waals surface area contributed by atoms with E-state index in [2.05, 4.69) is 4.74 Å². The Hall–Kier alpha value is -1.66. The van der Waals surface area contributed by atoms with Crippen molar-refractivity contribution in [3.8, 4) is 0 Å². The average molecular weight is 725 g/mol.